The van der Waals surface area contributed by atoms with E-state index in [9.17, 15) is 22.8 Å². The Morgan fingerprint density at radius 1 is 1.14 bits per heavy atom. The summed E-state index contributed by atoms with van der Waals surface area (Å²) in [7, 11) is 3.05. The molecule has 4 rings (SSSR count). The van der Waals surface area contributed by atoms with Crippen molar-refractivity contribution in [1.82, 2.24) is 14.9 Å². The number of ether oxygens (including phenoxy) is 2. The van der Waals surface area contributed by atoms with Crippen LogP contribution in [-0.4, -0.2) is 60.1 Å². The molecule has 0 unspecified atom stereocenters. The lowest BCUT2D eigenvalue weighted by atomic mass is 10.1. The fourth-order valence-electron chi connectivity index (χ4n) is 3.45. The molecule has 196 valence electrons. The minimum Gasteiger partial charge on any atom is -0.494 e. The fraction of sp³-hybridized carbons (Fsp3) is 0.250. The van der Waals surface area contributed by atoms with Gasteiger partial charge in [0.25, 0.3) is 11.5 Å². The molecule has 1 amide bonds. The van der Waals surface area contributed by atoms with Crippen molar-refractivity contribution in [2.75, 3.05) is 27.4 Å². The van der Waals surface area contributed by atoms with E-state index in [1.54, 1.807) is 17.9 Å². The van der Waals surface area contributed by atoms with E-state index >= 15 is 0 Å². The van der Waals surface area contributed by atoms with E-state index < -0.39 is 12.1 Å². The highest BCUT2D eigenvalue weighted by Gasteiger charge is 2.38. The van der Waals surface area contributed by atoms with E-state index in [1.165, 1.54) is 18.4 Å². The number of halogens is 3. The van der Waals surface area contributed by atoms with Gasteiger partial charge in [-0.2, -0.15) is 13.2 Å². The first kappa shape index (κ1) is 27.6. The Morgan fingerprint density at radius 2 is 1.81 bits per heavy atom. The number of nitrogens with zero attached hydrogens (tertiary/aromatic N) is 2. The second-order valence-corrected chi connectivity index (χ2v) is 8.47. The van der Waals surface area contributed by atoms with Crippen LogP contribution in [0.25, 0.3) is 21.0 Å². The number of rotatable bonds is 7. The lowest BCUT2D eigenvalue weighted by Crippen LogP contribution is -2.26. The molecule has 3 aromatic heterocycles. The van der Waals surface area contributed by atoms with Crippen molar-refractivity contribution in [3.63, 3.8) is 0 Å². The maximum Gasteiger partial charge on any atom is 0.490 e. The number of amides is 1. The van der Waals surface area contributed by atoms with Crippen LogP contribution in [0.3, 0.4) is 0 Å². The lowest BCUT2D eigenvalue weighted by molar-refractivity contribution is -0.192. The van der Waals surface area contributed by atoms with Crippen LogP contribution in [0.1, 0.15) is 15.4 Å². The monoisotopic (exact) mass is 537 g/mol. The van der Waals surface area contributed by atoms with E-state index in [-0.39, 0.29) is 11.5 Å². The number of para-hydroxylation sites is 1. The minimum absolute atomic E-state index is 0.210. The highest BCUT2D eigenvalue weighted by molar-refractivity contribution is 7.22. The van der Waals surface area contributed by atoms with Crippen molar-refractivity contribution in [2.45, 2.75) is 12.7 Å². The predicted octanol–water partition coefficient (Wildman–Crippen LogP) is 3.68. The van der Waals surface area contributed by atoms with Crippen LogP contribution < -0.4 is 15.6 Å². The molecule has 0 saturated carbocycles. The molecule has 0 aliphatic rings. The number of carboxylic acid groups (broad SMARTS) is 1. The second kappa shape index (κ2) is 11.8. The number of thiophene rings is 1. The standard InChI is InChI=1S/C22H21N3O4S.C2HF3O2/c1-28-12-11-24-21(26)20-18(29-2)17-19(30-20)15-8-3-4-9-16(15)25(22(17)27)13-14-7-5-6-10-23-14;3-2(4,5)1(6)7/h3-10H,11-13H2,1-2H3,(H,24,26);(H,6,7). The van der Waals surface area contributed by atoms with Crippen LogP contribution in [0.5, 0.6) is 5.75 Å². The van der Waals surface area contributed by atoms with Crippen LogP contribution in [0.2, 0.25) is 0 Å². The number of hydrogen-bond donors (Lipinski definition) is 2. The lowest BCUT2D eigenvalue weighted by Gasteiger charge is -2.11. The predicted molar refractivity (Wildman–Crippen MR) is 131 cm³/mol. The number of aromatic nitrogens is 2. The summed E-state index contributed by atoms with van der Waals surface area (Å²) >= 11 is 1.27. The first-order chi connectivity index (χ1) is 17.6. The number of alkyl halides is 3. The van der Waals surface area contributed by atoms with Crippen LogP contribution >= 0.6 is 11.3 Å². The number of pyridine rings is 2. The summed E-state index contributed by atoms with van der Waals surface area (Å²) in [5, 5.41) is 11.2. The average molecular weight is 538 g/mol. The molecule has 1 aromatic carbocycles. The molecule has 0 atom stereocenters. The van der Waals surface area contributed by atoms with Crippen LogP contribution in [0.15, 0.2) is 53.5 Å². The van der Waals surface area contributed by atoms with E-state index in [0.717, 1.165) is 21.3 Å². The number of hydrogen-bond acceptors (Lipinski definition) is 7. The van der Waals surface area contributed by atoms with Gasteiger partial charge in [0, 0.05) is 25.2 Å². The Labute approximate surface area is 212 Å². The topological polar surface area (TPSA) is 120 Å². The van der Waals surface area contributed by atoms with E-state index in [0.29, 0.717) is 35.7 Å². The molecule has 37 heavy (non-hydrogen) atoms. The first-order valence-electron chi connectivity index (χ1n) is 10.7. The molecule has 0 radical (unpaired) electrons. The molecular formula is C24H22F3N3O6S. The minimum atomic E-state index is -5.08. The van der Waals surface area contributed by atoms with Gasteiger partial charge in [-0.05, 0) is 18.2 Å². The molecule has 13 heteroatoms. The largest absolute Gasteiger partial charge is 0.494 e. The van der Waals surface area contributed by atoms with Gasteiger partial charge in [-0.25, -0.2) is 4.79 Å². The number of carboxylic acids is 1. The van der Waals surface area contributed by atoms with Crippen molar-refractivity contribution in [1.29, 1.82) is 0 Å². The molecular weight excluding hydrogens is 515 g/mol. The van der Waals surface area contributed by atoms with E-state index in [1.807, 2.05) is 42.5 Å². The SMILES string of the molecule is COCCNC(=O)c1sc2c(c1OC)c(=O)n(Cc1ccccn1)c1ccccc21.O=C(O)C(F)(F)F. The number of methoxy groups -OCH3 is 2. The summed E-state index contributed by atoms with van der Waals surface area (Å²) in [5.74, 6) is -2.74. The zero-order valence-corrected chi connectivity index (χ0v) is 20.5. The maximum atomic E-state index is 13.5. The fourth-order valence-corrected chi connectivity index (χ4v) is 4.66. The van der Waals surface area contributed by atoms with Crippen molar-refractivity contribution < 1.29 is 37.3 Å². The second-order valence-electron chi connectivity index (χ2n) is 7.45. The number of nitrogens with one attached hydrogen (secondary N) is 1. The van der Waals surface area contributed by atoms with Gasteiger partial charge in [-0.15, -0.1) is 11.3 Å². The van der Waals surface area contributed by atoms with Crippen molar-refractivity contribution in [3.05, 3.63) is 69.6 Å². The van der Waals surface area contributed by atoms with Gasteiger partial charge in [0.1, 0.15) is 10.3 Å². The normalized spacial score (nSPS) is 11.2. The Morgan fingerprint density at radius 3 is 2.41 bits per heavy atom. The number of benzene rings is 1. The smallest absolute Gasteiger partial charge is 0.490 e. The van der Waals surface area contributed by atoms with Crippen molar-refractivity contribution in [2.24, 2.45) is 0 Å². The quantitative estimate of drug-likeness (QED) is 0.345. The molecule has 9 nitrogen and oxygen atoms in total. The Bertz CT molecular complexity index is 1470. The van der Waals surface area contributed by atoms with Crippen LogP contribution in [-0.2, 0) is 16.1 Å². The maximum absolute atomic E-state index is 13.5. The average Bonchev–Trinajstić information content (AvgIpc) is 3.27. The van der Waals surface area contributed by atoms with E-state index in [4.69, 9.17) is 19.4 Å². The highest BCUT2D eigenvalue weighted by atomic mass is 32.1. The van der Waals surface area contributed by atoms with Gasteiger partial charge in [0.05, 0.1) is 36.2 Å². The summed E-state index contributed by atoms with van der Waals surface area (Å²) in [4.78, 5) is 39.9. The summed E-state index contributed by atoms with van der Waals surface area (Å²) in [6, 6.07) is 13.3. The third-order valence-electron chi connectivity index (χ3n) is 5.05. The van der Waals surface area contributed by atoms with Gasteiger partial charge in [0.15, 0.2) is 5.75 Å². The molecule has 0 spiro atoms. The summed E-state index contributed by atoms with van der Waals surface area (Å²) in [5.41, 5.74) is 1.35. The third-order valence-corrected chi connectivity index (χ3v) is 6.26. The number of aliphatic carboxylic acids is 1. The molecule has 4 aromatic rings. The number of carbonyl (C=O) groups is 2. The summed E-state index contributed by atoms with van der Waals surface area (Å²) in [6.07, 6.45) is -3.38. The molecule has 3 heterocycles. The van der Waals surface area contributed by atoms with Crippen molar-refractivity contribution >= 4 is 44.2 Å². The molecule has 0 aliphatic carbocycles. The molecule has 0 saturated heterocycles. The van der Waals surface area contributed by atoms with Gasteiger partial charge in [0.2, 0.25) is 0 Å². The van der Waals surface area contributed by atoms with Gasteiger partial charge in [-0.1, -0.05) is 24.3 Å². The molecule has 0 aliphatic heterocycles. The van der Waals surface area contributed by atoms with Crippen LogP contribution in [0, 0.1) is 0 Å². The van der Waals surface area contributed by atoms with E-state index in [2.05, 4.69) is 10.3 Å². The highest BCUT2D eigenvalue weighted by Crippen LogP contribution is 2.39. The van der Waals surface area contributed by atoms with Crippen molar-refractivity contribution in [3.8, 4) is 5.75 Å². The number of fused-ring (bicyclic) bond motifs is 3. The zero-order valence-electron chi connectivity index (χ0n) is 19.7. The van der Waals surface area contributed by atoms with Gasteiger partial charge in [-0.3, -0.25) is 14.6 Å². The summed E-state index contributed by atoms with van der Waals surface area (Å²) < 4.78 is 44.7. The number of carbonyl (C=O) groups excluding carboxylic acids is 1. The van der Waals surface area contributed by atoms with Gasteiger partial charge < -0.3 is 24.5 Å². The molecule has 0 bridgehead atoms. The Hall–Kier alpha value is -3.97. The third kappa shape index (κ3) is 6.24. The summed E-state index contributed by atoms with van der Waals surface area (Å²) in [6.45, 7) is 1.10. The molecule has 2 N–H and O–H groups in total. The molecule has 0 fully saturated rings. The Balaban J connectivity index is 0.000000479. The first-order valence-corrected chi connectivity index (χ1v) is 11.5. The van der Waals surface area contributed by atoms with Gasteiger partial charge >= 0.3 is 12.1 Å². The Kier molecular flexibility index (Phi) is 8.84. The zero-order chi connectivity index (χ0) is 27.2. The van der Waals surface area contributed by atoms with Crippen LogP contribution in [0.4, 0.5) is 13.2 Å².